The minimum atomic E-state index is -4.52. The summed E-state index contributed by atoms with van der Waals surface area (Å²) in [6.45, 7) is -0.240. The summed E-state index contributed by atoms with van der Waals surface area (Å²) in [6, 6.07) is 1.56. The van der Waals surface area contributed by atoms with Crippen LogP contribution < -0.4 is 0 Å². The number of rotatable bonds is 2. The van der Waals surface area contributed by atoms with E-state index in [1.54, 1.807) is 0 Å². The Morgan fingerprint density at radius 3 is 2.21 bits per heavy atom. The van der Waals surface area contributed by atoms with Crippen molar-refractivity contribution in [1.29, 1.82) is 0 Å². The van der Waals surface area contributed by atoms with Crippen LogP contribution in [0.15, 0.2) is 24.5 Å². The number of aliphatic hydroxyl groups excluding tert-OH is 1. The molecule has 8 heteroatoms. The lowest BCUT2D eigenvalue weighted by Gasteiger charge is -2.12. The van der Waals surface area contributed by atoms with E-state index in [9.17, 15) is 13.2 Å². The molecule has 0 aliphatic rings. The first-order chi connectivity index (χ1) is 8.82. The summed E-state index contributed by atoms with van der Waals surface area (Å²) in [5, 5.41) is 12.4. The maximum Gasteiger partial charge on any atom is 0.416 e. The molecule has 2 rings (SSSR count). The number of aromatic nitrogens is 2. The molecular formula is C11H7Cl2F3N2O. The number of hydrogen-bond donors (Lipinski definition) is 1. The predicted molar refractivity (Wildman–Crippen MR) is 64.5 cm³/mol. The van der Waals surface area contributed by atoms with Crippen LogP contribution in [-0.2, 0) is 12.8 Å². The van der Waals surface area contributed by atoms with Crippen LogP contribution in [0.5, 0.6) is 0 Å². The summed E-state index contributed by atoms with van der Waals surface area (Å²) in [5.74, 6) is 0. The van der Waals surface area contributed by atoms with E-state index in [2.05, 4.69) is 5.10 Å². The summed E-state index contributed by atoms with van der Waals surface area (Å²) in [4.78, 5) is 0. The van der Waals surface area contributed by atoms with Gasteiger partial charge in [0, 0.05) is 11.8 Å². The highest BCUT2D eigenvalue weighted by Gasteiger charge is 2.32. The summed E-state index contributed by atoms with van der Waals surface area (Å²) in [6.07, 6.45) is -1.73. The Hall–Kier alpha value is -1.24. The molecule has 1 heterocycles. The molecule has 1 N–H and O–H groups in total. The lowest BCUT2D eigenvalue weighted by atomic mass is 10.2. The molecular weight excluding hydrogens is 304 g/mol. The number of benzene rings is 1. The van der Waals surface area contributed by atoms with Crippen LogP contribution in [0.4, 0.5) is 13.2 Å². The molecule has 19 heavy (non-hydrogen) atoms. The fourth-order valence-electron chi connectivity index (χ4n) is 1.51. The zero-order valence-corrected chi connectivity index (χ0v) is 10.8. The molecule has 0 amide bonds. The molecule has 2 aromatic rings. The number of nitrogens with zero attached hydrogens (tertiary/aromatic N) is 2. The van der Waals surface area contributed by atoms with Crippen molar-refractivity contribution in [3.63, 3.8) is 0 Å². The lowest BCUT2D eigenvalue weighted by Crippen LogP contribution is -2.06. The molecule has 1 aromatic heterocycles. The molecule has 0 aliphatic heterocycles. The second-order valence-corrected chi connectivity index (χ2v) is 4.55. The molecule has 3 nitrogen and oxygen atoms in total. The van der Waals surface area contributed by atoms with Crippen molar-refractivity contribution in [2.24, 2.45) is 0 Å². The highest BCUT2D eigenvalue weighted by atomic mass is 35.5. The highest BCUT2D eigenvalue weighted by Crippen LogP contribution is 2.37. The molecule has 0 saturated carbocycles. The lowest BCUT2D eigenvalue weighted by molar-refractivity contribution is -0.137. The normalized spacial score (nSPS) is 11.9. The van der Waals surface area contributed by atoms with Gasteiger partial charge in [0.15, 0.2) is 0 Å². The SMILES string of the molecule is OCc1cnn(-c2c(Cl)cc(C(F)(F)F)cc2Cl)c1. The average molecular weight is 311 g/mol. The van der Waals surface area contributed by atoms with Gasteiger partial charge in [-0.25, -0.2) is 4.68 Å². The van der Waals surface area contributed by atoms with Crippen molar-refractivity contribution in [1.82, 2.24) is 9.78 Å². The van der Waals surface area contributed by atoms with Crippen molar-refractivity contribution in [3.05, 3.63) is 45.7 Å². The van der Waals surface area contributed by atoms with E-state index in [1.807, 2.05) is 0 Å². The van der Waals surface area contributed by atoms with Crippen molar-refractivity contribution in [2.75, 3.05) is 0 Å². The third-order valence-electron chi connectivity index (χ3n) is 2.39. The zero-order valence-electron chi connectivity index (χ0n) is 9.25. The van der Waals surface area contributed by atoms with Gasteiger partial charge >= 0.3 is 6.18 Å². The van der Waals surface area contributed by atoms with Crippen LogP contribution in [-0.4, -0.2) is 14.9 Å². The Bertz CT molecular complexity index is 587. The maximum absolute atomic E-state index is 12.6. The van der Waals surface area contributed by atoms with Gasteiger partial charge in [0.1, 0.15) is 5.69 Å². The fourth-order valence-corrected chi connectivity index (χ4v) is 2.17. The number of halogens is 5. The standard InChI is InChI=1S/C11H7Cl2F3N2O/c12-8-1-7(11(14,15)16)2-9(13)10(8)18-4-6(5-19)3-17-18/h1-4,19H,5H2. The summed E-state index contributed by atoms with van der Waals surface area (Å²) in [7, 11) is 0. The molecule has 102 valence electrons. The van der Waals surface area contributed by atoms with Gasteiger partial charge in [0.05, 0.1) is 28.4 Å². The Morgan fingerprint density at radius 1 is 1.21 bits per heavy atom. The molecule has 0 fully saturated rings. The highest BCUT2D eigenvalue weighted by molar-refractivity contribution is 6.37. The van der Waals surface area contributed by atoms with E-state index in [0.717, 1.165) is 12.1 Å². The minimum Gasteiger partial charge on any atom is -0.392 e. The molecule has 0 saturated heterocycles. The first-order valence-electron chi connectivity index (χ1n) is 5.04. The topological polar surface area (TPSA) is 38.1 Å². The second kappa shape index (κ2) is 5.03. The summed E-state index contributed by atoms with van der Waals surface area (Å²) >= 11 is 11.6. The third kappa shape index (κ3) is 2.86. The van der Waals surface area contributed by atoms with Crippen molar-refractivity contribution in [3.8, 4) is 5.69 Å². The van der Waals surface area contributed by atoms with E-state index in [1.165, 1.54) is 17.1 Å². The molecule has 1 aromatic carbocycles. The van der Waals surface area contributed by atoms with E-state index in [4.69, 9.17) is 28.3 Å². The third-order valence-corrected chi connectivity index (χ3v) is 2.97. The summed E-state index contributed by atoms with van der Waals surface area (Å²) < 4.78 is 38.9. The van der Waals surface area contributed by atoms with Crippen molar-refractivity contribution >= 4 is 23.2 Å². The maximum atomic E-state index is 12.6. The smallest absolute Gasteiger partial charge is 0.392 e. The first kappa shape index (κ1) is 14.2. The van der Waals surface area contributed by atoms with Gasteiger partial charge in [-0.2, -0.15) is 18.3 Å². The Morgan fingerprint density at radius 2 is 1.79 bits per heavy atom. The van der Waals surface area contributed by atoms with Gasteiger partial charge in [0.25, 0.3) is 0 Å². The van der Waals surface area contributed by atoms with Gasteiger partial charge < -0.3 is 5.11 Å². The molecule has 0 radical (unpaired) electrons. The molecule has 0 unspecified atom stereocenters. The van der Waals surface area contributed by atoms with Crippen LogP contribution >= 0.6 is 23.2 Å². The van der Waals surface area contributed by atoms with Gasteiger partial charge in [-0.1, -0.05) is 23.2 Å². The fraction of sp³-hybridized carbons (Fsp3) is 0.182. The first-order valence-corrected chi connectivity index (χ1v) is 5.79. The van der Waals surface area contributed by atoms with Crippen molar-refractivity contribution < 1.29 is 18.3 Å². The van der Waals surface area contributed by atoms with E-state index < -0.39 is 11.7 Å². The van der Waals surface area contributed by atoms with Crippen LogP contribution in [0, 0.1) is 0 Å². The van der Waals surface area contributed by atoms with E-state index >= 15 is 0 Å². The van der Waals surface area contributed by atoms with Gasteiger partial charge in [-0.15, -0.1) is 0 Å². The van der Waals surface area contributed by atoms with Crippen LogP contribution in [0.25, 0.3) is 5.69 Å². The van der Waals surface area contributed by atoms with E-state index in [-0.39, 0.29) is 22.3 Å². The van der Waals surface area contributed by atoms with Gasteiger partial charge in [-0.3, -0.25) is 0 Å². The van der Waals surface area contributed by atoms with E-state index in [0.29, 0.717) is 5.56 Å². The monoisotopic (exact) mass is 310 g/mol. The largest absolute Gasteiger partial charge is 0.416 e. The Balaban J connectivity index is 2.53. The molecule has 0 atom stereocenters. The van der Waals surface area contributed by atoms with Crippen LogP contribution in [0.3, 0.4) is 0 Å². The minimum absolute atomic E-state index is 0.135. The number of aliphatic hydroxyl groups is 1. The number of hydrogen-bond acceptors (Lipinski definition) is 2. The predicted octanol–water partition coefficient (Wildman–Crippen LogP) is 3.69. The number of alkyl halides is 3. The second-order valence-electron chi connectivity index (χ2n) is 3.74. The summed E-state index contributed by atoms with van der Waals surface area (Å²) in [5.41, 5.74) is -0.302. The van der Waals surface area contributed by atoms with Gasteiger partial charge in [0.2, 0.25) is 0 Å². The Kier molecular flexibility index (Phi) is 3.75. The zero-order chi connectivity index (χ0) is 14.2. The Labute approximate surface area is 116 Å². The van der Waals surface area contributed by atoms with Gasteiger partial charge in [-0.05, 0) is 12.1 Å². The molecule has 0 bridgehead atoms. The van der Waals surface area contributed by atoms with Crippen LogP contribution in [0.1, 0.15) is 11.1 Å². The average Bonchev–Trinajstić information content (AvgIpc) is 2.75. The quantitative estimate of drug-likeness (QED) is 0.918. The van der Waals surface area contributed by atoms with Crippen LogP contribution in [0.2, 0.25) is 10.0 Å². The van der Waals surface area contributed by atoms with Crippen molar-refractivity contribution in [2.45, 2.75) is 12.8 Å². The molecule has 0 spiro atoms. The molecule has 0 aliphatic carbocycles.